The molecule has 0 fully saturated rings. The van der Waals surface area contributed by atoms with Gasteiger partial charge in [-0.3, -0.25) is 0 Å². The largest absolute Gasteiger partial charge is 0.367 e. The zero-order valence-corrected chi connectivity index (χ0v) is 15.7. The van der Waals surface area contributed by atoms with E-state index in [2.05, 4.69) is 20.3 Å². The zero-order valence-electron chi connectivity index (χ0n) is 14.9. The molecule has 0 atom stereocenters. The van der Waals surface area contributed by atoms with Gasteiger partial charge in [0.05, 0.1) is 5.69 Å². The highest BCUT2D eigenvalue weighted by molar-refractivity contribution is 6.30. The molecule has 0 amide bonds. The van der Waals surface area contributed by atoms with Crippen LogP contribution in [0.1, 0.15) is 5.89 Å². The van der Waals surface area contributed by atoms with Gasteiger partial charge in [0.15, 0.2) is 5.65 Å². The molecule has 5 rings (SSSR count). The van der Waals surface area contributed by atoms with Crippen LogP contribution >= 0.6 is 11.6 Å². The minimum absolute atomic E-state index is 0.0451. The highest BCUT2D eigenvalue weighted by Crippen LogP contribution is 2.19. The third-order valence-corrected chi connectivity index (χ3v) is 4.62. The summed E-state index contributed by atoms with van der Waals surface area (Å²) in [4.78, 5) is 17.1. The standard InChI is InChI=1S/C20H13ClN6O2/c21-15-8-6-14(7-9-15)19-22-18(29-25-19)12-26-20(28)27-17(24-26)11-10-16(23-27)13-4-2-1-3-5-13/h1-11H,12H2. The molecule has 5 aromatic rings. The van der Waals surface area contributed by atoms with Crippen molar-refractivity contribution in [1.29, 1.82) is 0 Å². The number of fused-ring (bicyclic) bond motifs is 1. The van der Waals surface area contributed by atoms with E-state index in [0.717, 1.165) is 11.1 Å². The van der Waals surface area contributed by atoms with E-state index in [0.29, 0.717) is 22.2 Å². The summed E-state index contributed by atoms with van der Waals surface area (Å²) in [6.07, 6.45) is 0. The zero-order chi connectivity index (χ0) is 19.8. The summed E-state index contributed by atoms with van der Waals surface area (Å²) in [6, 6.07) is 20.3. The molecule has 0 aliphatic rings. The number of hydrogen-bond acceptors (Lipinski definition) is 6. The predicted octanol–water partition coefficient (Wildman–Crippen LogP) is 3.31. The first-order chi connectivity index (χ1) is 14.2. The van der Waals surface area contributed by atoms with Crippen LogP contribution in [0.5, 0.6) is 0 Å². The first-order valence-corrected chi connectivity index (χ1v) is 9.16. The molecule has 0 radical (unpaired) electrons. The van der Waals surface area contributed by atoms with E-state index in [1.807, 2.05) is 36.4 Å². The van der Waals surface area contributed by atoms with Gasteiger partial charge in [-0.2, -0.15) is 14.6 Å². The Hall–Kier alpha value is -3.78. The van der Waals surface area contributed by atoms with Crippen LogP contribution in [-0.4, -0.2) is 29.5 Å². The summed E-state index contributed by atoms with van der Waals surface area (Å²) in [7, 11) is 0. The molecule has 0 saturated heterocycles. The lowest BCUT2D eigenvalue weighted by atomic mass is 10.1. The van der Waals surface area contributed by atoms with Crippen LogP contribution in [0.25, 0.3) is 28.3 Å². The van der Waals surface area contributed by atoms with E-state index in [4.69, 9.17) is 16.1 Å². The molecule has 0 N–H and O–H groups in total. The molecular weight excluding hydrogens is 392 g/mol. The number of hydrogen-bond donors (Lipinski definition) is 0. The molecule has 0 aliphatic carbocycles. The quantitative estimate of drug-likeness (QED) is 0.456. The summed E-state index contributed by atoms with van der Waals surface area (Å²) >= 11 is 5.90. The molecule has 2 aromatic carbocycles. The van der Waals surface area contributed by atoms with Crippen molar-refractivity contribution in [3.8, 4) is 22.6 Å². The van der Waals surface area contributed by atoms with Crippen molar-refractivity contribution >= 4 is 17.2 Å². The van der Waals surface area contributed by atoms with Crippen molar-refractivity contribution in [2.24, 2.45) is 0 Å². The van der Waals surface area contributed by atoms with Crippen molar-refractivity contribution in [2.75, 3.05) is 0 Å². The molecule has 9 heteroatoms. The van der Waals surface area contributed by atoms with Gasteiger partial charge in [0.25, 0.3) is 0 Å². The van der Waals surface area contributed by atoms with Crippen molar-refractivity contribution < 1.29 is 4.52 Å². The molecule has 8 nitrogen and oxygen atoms in total. The Kier molecular flexibility index (Phi) is 4.18. The smallest absolute Gasteiger partial charge is 0.337 e. The molecule has 0 saturated carbocycles. The van der Waals surface area contributed by atoms with E-state index >= 15 is 0 Å². The second-order valence-corrected chi connectivity index (χ2v) is 6.75. The molecule has 0 bridgehead atoms. The van der Waals surface area contributed by atoms with Gasteiger partial charge in [-0.05, 0) is 36.4 Å². The Balaban J connectivity index is 1.46. The fourth-order valence-electron chi connectivity index (χ4n) is 2.94. The summed E-state index contributed by atoms with van der Waals surface area (Å²) in [5, 5.41) is 13.3. The maximum atomic E-state index is 12.7. The number of aromatic nitrogens is 6. The summed E-state index contributed by atoms with van der Waals surface area (Å²) in [5.74, 6) is 0.682. The van der Waals surface area contributed by atoms with Crippen molar-refractivity contribution in [3.63, 3.8) is 0 Å². The summed E-state index contributed by atoms with van der Waals surface area (Å²) < 4.78 is 7.78. The van der Waals surface area contributed by atoms with Gasteiger partial charge in [0.1, 0.15) is 6.54 Å². The van der Waals surface area contributed by atoms with Gasteiger partial charge in [-0.25, -0.2) is 9.48 Å². The maximum Gasteiger partial charge on any atom is 0.367 e. The van der Waals surface area contributed by atoms with Crippen LogP contribution in [-0.2, 0) is 6.54 Å². The minimum atomic E-state index is -0.385. The molecule has 0 unspecified atom stereocenters. The van der Waals surface area contributed by atoms with Gasteiger partial charge < -0.3 is 4.52 Å². The Labute approximate surface area is 169 Å². The van der Waals surface area contributed by atoms with E-state index in [9.17, 15) is 4.79 Å². The van der Waals surface area contributed by atoms with Crippen LogP contribution in [0.2, 0.25) is 5.02 Å². The number of halogens is 1. The maximum absolute atomic E-state index is 12.7. The van der Waals surface area contributed by atoms with Crippen LogP contribution < -0.4 is 5.69 Å². The molecule has 3 heterocycles. The van der Waals surface area contributed by atoms with Crippen molar-refractivity contribution in [3.05, 3.63) is 88.1 Å². The molecule has 29 heavy (non-hydrogen) atoms. The summed E-state index contributed by atoms with van der Waals surface area (Å²) in [5.41, 5.74) is 2.41. The monoisotopic (exact) mass is 404 g/mol. The second kappa shape index (κ2) is 6.99. The SMILES string of the molecule is O=c1n(Cc2nc(-c3ccc(Cl)cc3)no2)nc2ccc(-c3ccccc3)nn12. The lowest BCUT2D eigenvalue weighted by Gasteiger charge is -1.99. The predicted molar refractivity (Wildman–Crippen MR) is 107 cm³/mol. The fourth-order valence-corrected chi connectivity index (χ4v) is 3.06. The van der Waals surface area contributed by atoms with Gasteiger partial charge in [0.2, 0.25) is 11.7 Å². The lowest BCUT2D eigenvalue weighted by Crippen LogP contribution is -2.23. The Morgan fingerprint density at radius 3 is 2.48 bits per heavy atom. The molecule has 3 aromatic heterocycles. The number of rotatable bonds is 4. The topological polar surface area (TPSA) is 91.1 Å². The average Bonchev–Trinajstić information content (AvgIpc) is 3.34. The van der Waals surface area contributed by atoms with Gasteiger partial charge in [0, 0.05) is 16.1 Å². The highest BCUT2D eigenvalue weighted by atomic mass is 35.5. The van der Waals surface area contributed by atoms with E-state index in [1.165, 1.54) is 9.20 Å². The van der Waals surface area contributed by atoms with E-state index < -0.39 is 0 Å². The normalized spacial score (nSPS) is 11.2. The van der Waals surface area contributed by atoms with Gasteiger partial charge in [-0.1, -0.05) is 47.1 Å². The minimum Gasteiger partial charge on any atom is -0.337 e. The van der Waals surface area contributed by atoms with Crippen LogP contribution in [0.4, 0.5) is 0 Å². The first-order valence-electron chi connectivity index (χ1n) is 8.78. The third-order valence-electron chi connectivity index (χ3n) is 4.37. The van der Waals surface area contributed by atoms with Crippen LogP contribution in [0.15, 0.2) is 76.0 Å². The molecule has 142 valence electrons. The lowest BCUT2D eigenvalue weighted by molar-refractivity contribution is 0.364. The summed E-state index contributed by atoms with van der Waals surface area (Å²) in [6.45, 7) is 0.0451. The van der Waals surface area contributed by atoms with Crippen molar-refractivity contribution in [1.82, 2.24) is 29.5 Å². The van der Waals surface area contributed by atoms with Crippen LogP contribution in [0.3, 0.4) is 0 Å². The fraction of sp³-hybridized carbons (Fsp3) is 0.0500. The average molecular weight is 405 g/mol. The number of benzene rings is 2. The Morgan fingerprint density at radius 1 is 0.897 bits per heavy atom. The van der Waals surface area contributed by atoms with E-state index in [1.54, 1.807) is 30.3 Å². The molecular formula is C20H13ClN6O2. The Bertz CT molecular complexity index is 1360. The first kappa shape index (κ1) is 17.3. The Morgan fingerprint density at radius 2 is 1.69 bits per heavy atom. The van der Waals surface area contributed by atoms with Crippen molar-refractivity contribution in [2.45, 2.75) is 6.54 Å². The molecule has 0 spiro atoms. The van der Waals surface area contributed by atoms with Gasteiger partial charge >= 0.3 is 5.69 Å². The van der Waals surface area contributed by atoms with E-state index in [-0.39, 0.29) is 18.1 Å². The third kappa shape index (κ3) is 3.30. The van der Waals surface area contributed by atoms with Gasteiger partial charge in [-0.15, -0.1) is 5.10 Å². The van der Waals surface area contributed by atoms with Crippen LogP contribution in [0, 0.1) is 0 Å². The molecule has 0 aliphatic heterocycles. The second-order valence-electron chi connectivity index (χ2n) is 6.31. The highest BCUT2D eigenvalue weighted by Gasteiger charge is 2.14. The number of nitrogens with zero attached hydrogens (tertiary/aromatic N) is 6.